The van der Waals surface area contributed by atoms with Gasteiger partial charge in [0.2, 0.25) is 0 Å². The molecular formula is C10H8BrN3O3. The van der Waals surface area contributed by atoms with Crippen LogP contribution in [-0.2, 0) is 11.3 Å². The average molecular weight is 298 g/mol. The molecule has 0 unspecified atom stereocenters. The summed E-state index contributed by atoms with van der Waals surface area (Å²) in [7, 11) is 0. The SMILES string of the molecule is Cc1nc2ncc(Br)cc2c(=O)n1CC(=O)O. The van der Waals surface area contributed by atoms with Gasteiger partial charge < -0.3 is 5.11 Å². The number of halogens is 1. The van der Waals surface area contributed by atoms with Crippen molar-refractivity contribution in [2.45, 2.75) is 13.5 Å². The van der Waals surface area contributed by atoms with E-state index in [0.717, 1.165) is 4.57 Å². The predicted molar refractivity (Wildman–Crippen MR) is 63.9 cm³/mol. The Balaban J connectivity index is 2.78. The molecule has 0 fully saturated rings. The van der Waals surface area contributed by atoms with E-state index in [-0.39, 0.29) is 0 Å². The van der Waals surface area contributed by atoms with Gasteiger partial charge in [-0.3, -0.25) is 14.2 Å². The molecule has 0 bridgehead atoms. The molecule has 0 aromatic carbocycles. The zero-order valence-corrected chi connectivity index (χ0v) is 10.4. The van der Waals surface area contributed by atoms with Crippen LogP contribution in [0.15, 0.2) is 21.5 Å². The summed E-state index contributed by atoms with van der Waals surface area (Å²) < 4.78 is 1.76. The van der Waals surface area contributed by atoms with Crippen molar-refractivity contribution in [3.05, 3.63) is 32.9 Å². The van der Waals surface area contributed by atoms with Crippen LogP contribution < -0.4 is 5.56 Å². The Morgan fingerprint density at radius 1 is 1.59 bits per heavy atom. The Hall–Kier alpha value is -1.76. The molecule has 2 heterocycles. The first-order chi connectivity index (χ1) is 7.99. The number of aromatic nitrogens is 3. The lowest BCUT2D eigenvalue weighted by molar-refractivity contribution is -0.137. The minimum atomic E-state index is -1.08. The van der Waals surface area contributed by atoms with Crippen molar-refractivity contribution < 1.29 is 9.90 Å². The van der Waals surface area contributed by atoms with Gasteiger partial charge in [0, 0.05) is 10.7 Å². The van der Waals surface area contributed by atoms with Gasteiger partial charge >= 0.3 is 5.97 Å². The number of fused-ring (bicyclic) bond motifs is 1. The summed E-state index contributed by atoms with van der Waals surface area (Å²) in [5.41, 5.74) is -0.0824. The van der Waals surface area contributed by atoms with E-state index in [4.69, 9.17) is 5.11 Å². The van der Waals surface area contributed by atoms with Crippen LogP contribution in [0, 0.1) is 6.92 Å². The second kappa shape index (κ2) is 4.25. The molecule has 0 atom stereocenters. The third-order valence-corrected chi connectivity index (χ3v) is 2.69. The van der Waals surface area contributed by atoms with Crippen LogP contribution in [0.4, 0.5) is 0 Å². The van der Waals surface area contributed by atoms with Gasteiger partial charge in [0.15, 0.2) is 5.65 Å². The van der Waals surface area contributed by atoms with Crippen molar-refractivity contribution in [3.63, 3.8) is 0 Å². The molecule has 0 aliphatic rings. The summed E-state index contributed by atoms with van der Waals surface area (Å²) in [6.07, 6.45) is 1.54. The normalized spacial score (nSPS) is 10.7. The van der Waals surface area contributed by atoms with Gasteiger partial charge in [0.25, 0.3) is 5.56 Å². The van der Waals surface area contributed by atoms with Gasteiger partial charge in [0.05, 0.1) is 5.39 Å². The third-order valence-electron chi connectivity index (χ3n) is 2.26. The fourth-order valence-electron chi connectivity index (χ4n) is 1.51. The van der Waals surface area contributed by atoms with Gasteiger partial charge in [-0.25, -0.2) is 9.97 Å². The van der Waals surface area contributed by atoms with E-state index in [2.05, 4.69) is 25.9 Å². The second-order valence-corrected chi connectivity index (χ2v) is 4.38. The van der Waals surface area contributed by atoms with Crippen LogP contribution in [0.5, 0.6) is 0 Å². The average Bonchev–Trinajstić information content (AvgIpc) is 2.25. The molecule has 2 aromatic heterocycles. The molecule has 88 valence electrons. The van der Waals surface area contributed by atoms with Crippen LogP contribution >= 0.6 is 15.9 Å². The number of pyridine rings is 1. The number of aryl methyl sites for hydroxylation is 1. The quantitative estimate of drug-likeness (QED) is 0.892. The first kappa shape index (κ1) is 11.7. The highest BCUT2D eigenvalue weighted by Gasteiger charge is 2.11. The first-order valence-corrected chi connectivity index (χ1v) is 5.53. The molecule has 2 aromatic rings. The van der Waals surface area contributed by atoms with Gasteiger partial charge in [-0.2, -0.15) is 0 Å². The lowest BCUT2D eigenvalue weighted by atomic mass is 10.3. The number of carbonyl (C=O) groups is 1. The van der Waals surface area contributed by atoms with E-state index < -0.39 is 18.1 Å². The van der Waals surface area contributed by atoms with Crippen LogP contribution in [0.3, 0.4) is 0 Å². The summed E-state index contributed by atoms with van der Waals surface area (Å²) in [6, 6.07) is 1.58. The van der Waals surface area contributed by atoms with Gasteiger partial charge in [-0.15, -0.1) is 0 Å². The fraction of sp³-hybridized carbons (Fsp3) is 0.200. The zero-order valence-electron chi connectivity index (χ0n) is 8.85. The molecule has 2 rings (SSSR count). The number of nitrogens with zero attached hydrogens (tertiary/aromatic N) is 3. The number of carboxylic acids is 1. The number of aliphatic carboxylic acids is 1. The predicted octanol–water partition coefficient (Wildman–Crippen LogP) is 0.947. The maximum absolute atomic E-state index is 12.0. The maximum atomic E-state index is 12.0. The third kappa shape index (κ3) is 2.19. The Morgan fingerprint density at radius 3 is 2.94 bits per heavy atom. The van der Waals surface area contributed by atoms with Crippen molar-refractivity contribution in [1.29, 1.82) is 0 Å². The van der Waals surface area contributed by atoms with Gasteiger partial charge in [-0.1, -0.05) is 0 Å². The molecule has 0 aliphatic heterocycles. The lowest BCUT2D eigenvalue weighted by Gasteiger charge is -2.07. The van der Waals surface area contributed by atoms with E-state index in [1.165, 1.54) is 6.20 Å². The molecule has 6 nitrogen and oxygen atoms in total. The molecule has 7 heteroatoms. The molecule has 17 heavy (non-hydrogen) atoms. The molecular weight excluding hydrogens is 290 g/mol. The largest absolute Gasteiger partial charge is 0.480 e. The molecule has 0 saturated carbocycles. The lowest BCUT2D eigenvalue weighted by Crippen LogP contribution is -2.27. The topological polar surface area (TPSA) is 85.1 Å². The second-order valence-electron chi connectivity index (χ2n) is 3.47. The first-order valence-electron chi connectivity index (χ1n) is 4.73. The summed E-state index contributed by atoms with van der Waals surface area (Å²) in [6.45, 7) is 1.17. The molecule has 1 N–H and O–H groups in total. The molecule has 0 spiro atoms. The number of rotatable bonds is 2. The van der Waals surface area contributed by atoms with Crippen molar-refractivity contribution >= 4 is 32.9 Å². The summed E-state index contributed by atoms with van der Waals surface area (Å²) in [5.74, 6) is -0.751. The number of hydrogen-bond acceptors (Lipinski definition) is 4. The van der Waals surface area contributed by atoms with Crippen molar-refractivity contribution in [3.8, 4) is 0 Å². The molecule has 0 radical (unpaired) electrons. The zero-order chi connectivity index (χ0) is 12.6. The van der Waals surface area contributed by atoms with E-state index in [9.17, 15) is 9.59 Å². The summed E-state index contributed by atoms with van der Waals surface area (Å²) in [5, 5.41) is 9.03. The van der Waals surface area contributed by atoms with Crippen molar-refractivity contribution in [1.82, 2.24) is 14.5 Å². The van der Waals surface area contributed by atoms with E-state index in [0.29, 0.717) is 21.3 Å². The van der Waals surface area contributed by atoms with Gasteiger partial charge in [-0.05, 0) is 28.9 Å². The minimum Gasteiger partial charge on any atom is -0.480 e. The van der Waals surface area contributed by atoms with E-state index in [1.54, 1.807) is 13.0 Å². The van der Waals surface area contributed by atoms with E-state index >= 15 is 0 Å². The van der Waals surface area contributed by atoms with Crippen LogP contribution in [0.2, 0.25) is 0 Å². The number of carboxylic acid groups (broad SMARTS) is 1. The standard InChI is InChI=1S/C10H8BrN3O3/c1-5-13-9-7(2-6(11)3-12-9)10(17)14(5)4-8(15)16/h2-3H,4H2,1H3,(H,15,16). The highest BCUT2D eigenvalue weighted by atomic mass is 79.9. The molecule has 0 amide bonds. The Kier molecular flexibility index (Phi) is 2.93. The monoisotopic (exact) mass is 297 g/mol. The highest BCUT2D eigenvalue weighted by Crippen LogP contribution is 2.12. The van der Waals surface area contributed by atoms with Crippen LogP contribution in [0.1, 0.15) is 5.82 Å². The summed E-state index contributed by atoms with van der Waals surface area (Å²) >= 11 is 3.21. The highest BCUT2D eigenvalue weighted by molar-refractivity contribution is 9.10. The van der Waals surface area contributed by atoms with Crippen LogP contribution in [0.25, 0.3) is 11.0 Å². The minimum absolute atomic E-state index is 0.297. The summed E-state index contributed by atoms with van der Waals surface area (Å²) in [4.78, 5) is 30.8. The van der Waals surface area contributed by atoms with Crippen molar-refractivity contribution in [2.75, 3.05) is 0 Å². The Labute approximate surface area is 104 Å². The molecule has 0 aliphatic carbocycles. The smallest absolute Gasteiger partial charge is 0.323 e. The van der Waals surface area contributed by atoms with Gasteiger partial charge in [0.1, 0.15) is 12.4 Å². The van der Waals surface area contributed by atoms with E-state index in [1.807, 2.05) is 0 Å². The molecule has 0 saturated heterocycles. The maximum Gasteiger partial charge on any atom is 0.323 e. The Morgan fingerprint density at radius 2 is 2.29 bits per heavy atom. The van der Waals surface area contributed by atoms with Crippen molar-refractivity contribution in [2.24, 2.45) is 0 Å². The fourth-order valence-corrected chi connectivity index (χ4v) is 1.84. The van der Waals surface area contributed by atoms with Crippen LogP contribution in [-0.4, -0.2) is 25.6 Å². The number of hydrogen-bond donors (Lipinski definition) is 1. The Bertz CT molecular complexity index is 666.